The van der Waals surface area contributed by atoms with Crippen LogP contribution in [0, 0.1) is 5.92 Å². The fourth-order valence-electron chi connectivity index (χ4n) is 4.50. The summed E-state index contributed by atoms with van der Waals surface area (Å²) < 4.78 is 18.1. The van der Waals surface area contributed by atoms with E-state index in [-0.39, 0.29) is 6.10 Å². The van der Waals surface area contributed by atoms with Crippen LogP contribution in [-0.2, 0) is 9.47 Å². The molecular formula is C23H46O2Sn. The van der Waals surface area contributed by atoms with E-state index in [1.807, 2.05) is 13.8 Å². The molecule has 3 heteroatoms. The predicted molar refractivity (Wildman–Crippen MR) is 117 cm³/mol. The number of unbranched alkanes of at least 4 members (excludes halogenated alkanes) is 3. The van der Waals surface area contributed by atoms with Crippen LogP contribution in [0.3, 0.4) is 0 Å². The maximum atomic E-state index is 6.05. The molecule has 0 radical (unpaired) electrons. The SMILES string of the molecule is C=[C](CC(C)C[C@@H]1COC(C)(C)O1)[Sn]([CH2]CCC)([CH2]CCC)[CH2]CCC. The Labute approximate surface area is 168 Å². The normalized spacial score (nSPS) is 21.1. The number of rotatable bonds is 14. The topological polar surface area (TPSA) is 18.5 Å². The number of allylic oxidation sites excluding steroid dienone is 1. The van der Waals surface area contributed by atoms with Crippen molar-refractivity contribution >= 4 is 18.4 Å². The molecule has 0 aromatic carbocycles. The van der Waals surface area contributed by atoms with Gasteiger partial charge in [0.2, 0.25) is 0 Å². The van der Waals surface area contributed by atoms with Crippen molar-refractivity contribution in [1.29, 1.82) is 0 Å². The third kappa shape index (κ3) is 8.22. The molecule has 0 spiro atoms. The first kappa shape index (κ1) is 24.5. The molecule has 1 fully saturated rings. The molecule has 26 heavy (non-hydrogen) atoms. The Hall–Kier alpha value is 0.459. The van der Waals surface area contributed by atoms with E-state index in [1.54, 1.807) is 3.59 Å². The van der Waals surface area contributed by atoms with Gasteiger partial charge in [-0.25, -0.2) is 0 Å². The van der Waals surface area contributed by atoms with Crippen LogP contribution in [0.15, 0.2) is 10.2 Å². The van der Waals surface area contributed by atoms with Gasteiger partial charge in [-0.15, -0.1) is 0 Å². The van der Waals surface area contributed by atoms with E-state index in [2.05, 4.69) is 27.7 Å². The molecular weight excluding hydrogens is 427 g/mol. The molecule has 0 bridgehead atoms. The van der Waals surface area contributed by atoms with Crippen molar-refractivity contribution in [3.63, 3.8) is 0 Å². The minimum atomic E-state index is -2.27. The summed E-state index contributed by atoms with van der Waals surface area (Å²) >= 11 is -2.27. The molecule has 0 amide bonds. The molecule has 2 nitrogen and oxygen atoms in total. The first-order valence-electron chi connectivity index (χ1n) is 11.3. The summed E-state index contributed by atoms with van der Waals surface area (Å²) in [6.45, 7) is 19.0. The summed E-state index contributed by atoms with van der Waals surface area (Å²) in [5.74, 6) is 0.263. The standard InChI is InChI=1S/C11H19O2.3C4H9.Sn/c1-5-6-9(2)7-10-8-12-11(3,4)13-10;3*1-3-4-2;/h9-10H,1,6-8H2,2-4H3;3*1,3-4H2,2H3;/t9?,10-;;;;/m1..../s1. The molecule has 1 unspecified atom stereocenters. The van der Waals surface area contributed by atoms with Crippen LogP contribution in [0.1, 0.15) is 92.9 Å². The summed E-state index contributed by atoms with van der Waals surface area (Å²) in [6, 6.07) is 0. The fourth-order valence-corrected chi connectivity index (χ4v) is 20.7. The molecule has 0 N–H and O–H groups in total. The first-order chi connectivity index (χ1) is 12.3. The molecule has 1 rings (SSSR count). The second kappa shape index (κ2) is 12.1. The first-order valence-corrected chi connectivity index (χ1v) is 18.8. The molecule has 0 aromatic heterocycles. The van der Waals surface area contributed by atoms with Crippen LogP contribution in [0.25, 0.3) is 0 Å². The molecule has 0 aromatic rings. The Kier molecular flexibility index (Phi) is 11.4. The van der Waals surface area contributed by atoms with Crippen LogP contribution < -0.4 is 0 Å². The average Bonchev–Trinajstić information content (AvgIpc) is 2.92. The Morgan fingerprint density at radius 3 is 1.92 bits per heavy atom. The zero-order chi connectivity index (χ0) is 19.6. The molecule has 1 aliphatic heterocycles. The van der Waals surface area contributed by atoms with Gasteiger partial charge in [0.05, 0.1) is 0 Å². The van der Waals surface area contributed by atoms with Gasteiger partial charge >= 0.3 is 169 Å². The Morgan fingerprint density at radius 1 is 1.04 bits per heavy atom. The van der Waals surface area contributed by atoms with E-state index in [0.29, 0.717) is 5.92 Å². The van der Waals surface area contributed by atoms with E-state index < -0.39 is 24.2 Å². The van der Waals surface area contributed by atoms with Gasteiger partial charge < -0.3 is 0 Å². The summed E-state index contributed by atoms with van der Waals surface area (Å²) in [7, 11) is 0. The van der Waals surface area contributed by atoms with Gasteiger partial charge in [0.25, 0.3) is 0 Å². The molecule has 154 valence electrons. The van der Waals surface area contributed by atoms with Gasteiger partial charge in [-0.2, -0.15) is 0 Å². The summed E-state index contributed by atoms with van der Waals surface area (Å²) in [5.41, 5.74) is 0. The zero-order valence-electron chi connectivity index (χ0n) is 18.7. The quantitative estimate of drug-likeness (QED) is 0.243. The van der Waals surface area contributed by atoms with Gasteiger partial charge in [0.1, 0.15) is 0 Å². The van der Waals surface area contributed by atoms with Crippen LogP contribution in [0.4, 0.5) is 0 Å². The maximum absolute atomic E-state index is 6.05. The molecule has 1 heterocycles. The van der Waals surface area contributed by atoms with Gasteiger partial charge in [0, 0.05) is 0 Å². The van der Waals surface area contributed by atoms with Crippen molar-refractivity contribution in [1.82, 2.24) is 0 Å². The van der Waals surface area contributed by atoms with Crippen LogP contribution in [0.2, 0.25) is 13.3 Å². The predicted octanol–water partition coefficient (Wildman–Crippen LogP) is 7.50. The monoisotopic (exact) mass is 474 g/mol. The van der Waals surface area contributed by atoms with Crippen molar-refractivity contribution in [2.75, 3.05) is 6.61 Å². The summed E-state index contributed by atoms with van der Waals surface area (Å²) in [4.78, 5) is 0. The third-order valence-corrected chi connectivity index (χ3v) is 22.2. The third-order valence-electron chi connectivity index (χ3n) is 6.10. The van der Waals surface area contributed by atoms with Crippen molar-refractivity contribution in [2.24, 2.45) is 5.92 Å². The number of hydrogen-bond acceptors (Lipinski definition) is 2. The Balaban J connectivity index is 2.71. The van der Waals surface area contributed by atoms with E-state index in [9.17, 15) is 0 Å². The van der Waals surface area contributed by atoms with Crippen LogP contribution in [-0.4, -0.2) is 36.9 Å². The van der Waals surface area contributed by atoms with E-state index in [0.717, 1.165) is 13.0 Å². The molecule has 1 aliphatic rings. The fraction of sp³-hybridized carbons (Fsp3) is 0.913. The Morgan fingerprint density at radius 2 is 1.54 bits per heavy atom. The zero-order valence-corrected chi connectivity index (χ0v) is 21.5. The van der Waals surface area contributed by atoms with Gasteiger partial charge in [-0.05, 0) is 0 Å². The van der Waals surface area contributed by atoms with E-state index >= 15 is 0 Å². The van der Waals surface area contributed by atoms with Crippen molar-refractivity contribution < 1.29 is 9.47 Å². The molecule has 0 saturated carbocycles. The summed E-state index contributed by atoms with van der Waals surface area (Å²) in [6.07, 6.45) is 10.9. The van der Waals surface area contributed by atoms with Crippen molar-refractivity contribution in [3.8, 4) is 0 Å². The average molecular weight is 473 g/mol. The van der Waals surface area contributed by atoms with Gasteiger partial charge in [-0.1, -0.05) is 0 Å². The second-order valence-corrected chi connectivity index (χ2v) is 22.8. The second-order valence-electron chi connectivity index (χ2n) is 9.19. The van der Waals surface area contributed by atoms with Gasteiger partial charge in [-0.3, -0.25) is 0 Å². The minimum absolute atomic E-state index is 0.263. The molecule has 2 atom stereocenters. The number of ether oxygens (including phenoxy) is 2. The van der Waals surface area contributed by atoms with E-state index in [1.165, 1.54) is 58.3 Å². The van der Waals surface area contributed by atoms with Crippen molar-refractivity contribution in [3.05, 3.63) is 10.2 Å². The Bertz CT molecular complexity index is 383. The van der Waals surface area contributed by atoms with Crippen LogP contribution in [0.5, 0.6) is 0 Å². The number of hydrogen-bond donors (Lipinski definition) is 0. The van der Waals surface area contributed by atoms with Crippen LogP contribution >= 0.6 is 0 Å². The van der Waals surface area contributed by atoms with E-state index in [4.69, 9.17) is 16.1 Å². The van der Waals surface area contributed by atoms with Crippen molar-refractivity contribution in [2.45, 2.75) is 118 Å². The molecule has 1 saturated heterocycles. The van der Waals surface area contributed by atoms with Gasteiger partial charge in [0.15, 0.2) is 0 Å². The summed E-state index contributed by atoms with van der Waals surface area (Å²) in [5, 5.41) is 0. The molecule has 0 aliphatic carbocycles.